The van der Waals surface area contributed by atoms with E-state index in [-0.39, 0.29) is 36.9 Å². The Balaban J connectivity index is 2.53. The van der Waals surface area contributed by atoms with E-state index in [4.69, 9.17) is 10.3 Å². The number of esters is 1. The van der Waals surface area contributed by atoms with Gasteiger partial charge in [-0.15, -0.1) is 0 Å². The van der Waals surface area contributed by atoms with E-state index in [1.807, 2.05) is 30.3 Å². The van der Waals surface area contributed by atoms with E-state index in [1.54, 1.807) is 0 Å². The molecule has 0 radical (unpaired) electrons. The highest BCUT2D eigenvalue weighted by Gasteiger charge is 2.16. The molecular weight excluding hydrogens is 412 g/mol. The summed E-state index contributed by atoms with van der Waals surface area (Å²) >= 11 is 0. The second kappa shape index (κ2) is 16.6. The molecule has 0 spiro atoms. The predicted molar refractivity (Wildman–Crippen MR) is 121 cm³/mol. The number of nitrogens with one attached hydrogen (secondary N) is 2. The summed E-state index contributed by atoms with van der Waals surface area (Å²) in [6.07, 6.45) is 2.19. The fourth-order valence-electron chi connectivity index (χ4n) is 3.20. The lowest BCUT2D eigenvalue weighted by atomic mass is 10.1. The van der Waals surface area contributed by atoms with Crippen LogP contribution in [0.1, 0.15) is 45.1 Å². The van der Waals surface area contributed by atoms with Crippen molar-refractivity contribution in [3.05, 3.63) is 46.3 Å². The quantitative estimate of drug-likeness (QED) is 0.132. The molecule has 1 unspecified atom stereocenters. The van der Waals surface area contributed by atoms with Gasteiger partial charge in [0.05, 0.1) is 0 Å². The fraction of sp³-hybridized carbons (Fsp3) is 0.591. The van der Waals surface area contributed by atoms with Crippen LogP contribution in [0.25, 0.3) is 10.4 Å². The first-order chi connectivity index (χ1) is 15.4. The highest BCUT2D eigenvalue weighted by molar-refractivity contribution is 5.73. The number of carbonyl (C=O) groups is 3. The van der Waals surface area contributed by atoms with Gasteiger partial charge in [-0.05, 0) is 36.9 Å². The average Bonchev–Trinajstić information content (AvgIpc) is 2.75. The SMILES string of the molecule is CC(=O)NCCN(CCCC(=O)OCc1ccccc1)CC(CCCN=[N+]=[N-])NC(C)=O. The molecule has 0 aromatic heterocycles. The number of ether oxygens (including phenoxy) is 1. The van der Waals surface area contributed by atoms with Crippen LogP contribution in [-0.2, 0) is 25.7 Å². The Hall–Kier alpha value is -3.10. The van der Waals surface area contributed by atoms with Crippen LogP contribution in [0.5, 0.6) is 0 Å². The molecule has 0 aliphatic rings. The van der Waals surface area contributed by atoms with Crippen LogP contribution in [0.2, 0.25) is 0 Å². The number of benzene rings is 1. The lowest BCUT2D eigenvalue weighted by Crippen LogP contribution is -2.45. The summed E-state index contributed by atoms with van der Waals surface area (Å²) in [6, 6.07) is 9.39. The number of hydrogen-bond donors (Lipinski definition) is 2. The molecule has 0 fully saturated rings. The average molecular weight is 447 g/mol. The van der Waals surface area contributed by atoms with E-state index < -0.39 is 0 Å². The minimum Gasteiger partial charge on any atom is -0.461 e. The van der Waals surface area contributed by atoms with Gasteiger partial charge < -0.3 is 15.4 Å². The molecule has 2 N–H and O–H groups in total. The summed E-state index contributed by atoms with van der Waals surface area (Å²) in [5.41, 5.74) is 9.36. The van der Waals surface area contributed by atoms with E-state index in [0.29, 0.717) is 52.0 Å². The Morgan fingerprint density at radius 3 is 2.53 bits per heavy atom. The number of amides is 2. The van der Waals surface area contributed by atoms with Gasteiger partial charge >= 0.3 is 5.97 Å². The zero-order chi connectivity index (χ0) is 23.6. The molecule has 10 nitrogen and oxygen atoms in total. The van der Waals surface area contributed by atoms with Crippen molar-refractivity contribution in [2.45, 2.75) is 52.2 Å². The number of hydrogen-bond acceptors (Lipinski definition) is 6. The molecule has 1 aromatic carbocycles. The molecule has 1 aromatic rings. The van der Waals surface area contributed by atoms with Gasteiger partial charge in [-0.25, -0.2) is 0 Å². The first kappa shape index (κ1) is 26.9. The second-order valence-electron chi connectivity index (χ2n) is 7.53. The molecule has 0 heterocycles. The maximum absolute atomic E-state index is 12.1. The number of carbonyl (C=O) groups excluding carboxylic acids is 3. The molecule has 2 amide bonds. The first-order valence-corrected chi connectivity index (χ1v) is 10.8. The minimum absolute atomic E-state index is 0.109. The minimum atomic E-state index is -0.261. The van der Waals surface area contributed by atoms with Gasteiger partial charge in [-0.1, -0.05) is 35.4 Å². The van der Waals surface area contributed by atoms with Crippen LogP contribution in [0.15, 0.2) is 35.4 Å². The normalized spacial score (nSPS) is 11.3. The van der Waals surface area contributed by atoms with E-state index in [9.17, 15) is 14.4 Å². The Kier molecular flexibility index (Phi) is 14.0. The van der Waals surface area contributed by atoms with Crippen molar-refractivity contribution >= 4 is 17.8 Å². The van der Waals surface area contributed by atoms with Gasteiger partial charge in [0, 0.05) is 57.4 Å². The van der Waals surface area contributed by atoms with Gasteiger partial charge in [-0.2, -0.15) is 0 Å². The van der Waals surface area contributed by atoms with Gasteiger partial charge in [0.1, 0.15) is 6.61 Å². The first-order valence-electron chi connectivity index (χ1n) is 10.8. The Morgan fingerprint density at radius 1 is 1.12 bits per heavy atom. The van der Waals surface area contributed by atoms with E-state index in [2.05, 4.69) is 25.6 Å². The van der Waals surface area contributed by atoms with E-state index >= 15 is 0 Å². The van der Waals surface area contributed by atoms with Crippen molar-refractivity contribution in [2.75, 3.05) is 32.7 Å². The van der Waals surface area contributed by atoms with Crippen molar-refractivity contribution in [2.24, 2.45) is 5.11 Å². The highest BCUT2D eigenvalue weighted by Crippen LogP contribution is 2.06. The van der Waals surface area contributed by atoms with Crippen molar-refractivity contribution in [3.8, 4) is 0 Å². The molecular formula is C22H34N6O4. The smallest absolute Gasteiger partial charge is 0.306 e. The number of nitrogens with zero attached hydrogens (tertiary/aromatic N) is 4. The van der Waals surface area contributed by atoms with Gasteiger partial charge in [0.25, 0.3) is 0 Å². The van der Waals surface area contributed by atoms with Gasteiger partial charge in [0.2, 0.25) is 11.8 Å². The van der Waals surface area contributed by atoms with E-state index in [0.717, 1.165) is 5.56 Å². The third-order valence-corrected chi connectivity index (χ3v) is 4.66. The third kappa shape index (κ3) is 14.0. The molecule has 1 atom stereocenters. The van der Waals surface area contributed by atoms with Crippen LogP contribution < -0.4 is 10.6 Å². The fourth-order valence-corrected chi connectivity index (χ4v) is 3.20. The molecule has 176 valence electrons. The zero-order valence-electron chi connectivity index (χ0n) is 19.0. The van der Waals surface area contributed by atoms with Gasteiger partial charge in [0.15, 0.2) is 0 Å². The summed E-state index contributed by atoms with van der Waals surface area (Å²) in [4.78, 5) is 39.7. The van der Waals surface area contributed by atoms with Crippen molar-refractivity contribution in [1.29, 1.82) is 0 Å². The lowest BCUT2D eigenvalue weighted by Gasteiger charge is -2.28. The molecule has 0 saturated carbocycles. The summed E-state index contributed by atoms with van der Waals surface area (Å²) < 4.78 is 5.32. The Bertz CT molecular complexity index is 752. The summed E-state index contributed by atoms with van der Waals surface area (Å²) in [5, 5.41) is 9.24. The van der Waals surface area contributed by atoms with Crippen molar-refractivity contribution < 1.29 is 19.1 Å². The number of azide groups is 1. The van der Waals surface area contributed by atoms with Crippen LogP contribution in [0.3, 0.4) is 0 Å². The second-order valence-corrected chi connectivity index (χ2v) is 7.53. The highest BCUT2D eigenvalue weighted by atomic mass is 16.5. The monoisotopic (exact) mass is 446 g/mol. The predicted octanol–water partition coefficient (Wildman–Crippen LogP) is 2.54. The molecule has 1 rings (SSSR count). The maximum Gasteiger partial charge on any atom is 0.306 e. The third-order valence-electron chi connectivity index (χ3n) is 4.66. The topological polar surface area (TPSA) is 136 Å². The molecule has 0 saturated heterocycles. The van der Waals surface area contributed by atoms with Crippen molar-refractivity contribution in [1.82, 2.24) is 15.5 Å². The summed E-state index contributed by atoms with van der Waals surface area (Å²) in [5.74, 6) is -0.504. The molecule has 0 aliphatic heterocycles. The summed E-state index contributed by atoms with van der Waals surface area (Å²) in [7, 11) is 0. The molecule has 32 heavy (non-hydrogen) atoms. The van der Waals surface area contributed by atoms with Crippen LogP contribution in [-0.4, -0.2) is 61.4 Å². The lowest BCUT2D eigenvalue weighted by molar-refractivity contribution is -0.145. The van der Waals surface area contributed by atoms with Crippen LogP contribution >= 0.6 is 0 Å². The zero-order valence-corrected chi connectivity index (χ0v) is 19.0. The Labute approximate surface area is 189 Å². The molecule has 0 aliphatic carbocycles. The van der Waals surface area contributed by atoms with Crippen molar-refractivity contribution in [3.63, 3.8) is 0 Å². The van der Waals surface area contributed by atoms with E-state index in [1.165, 1.54) is 13.8 Å². The maximum atomic E-state index is 12.1. The number of rotatable bonds is 16. The van der Waals surface area contributed by atoms with Crippen LogP contribution in [0.4, 0.5) is 0 Å². The van der Waals surface area contributed by atoms with Crippen LogP contribution in [0, 0.1) is 0 Å². The standard InChI is InChI=1S/C22H34N6O4/c1-18(29)24-13-15-28(16-21(26-19(2)30)10-6-12-25-27-23)14-7-11-22(31)32-17-20-8-4-3-5-9-20/h3-5,8-9,21H,6-7,10-17H2,1-2H3,(H,24,29)(H,26,30). The van der Waals surface area contributed by atoms with Gasteiger partial charge in [-0.3, -0.25) is 19.3 Å². The Morgan fingerprint density at radius 2 is 1.88 bits per heavy atom. The molecule has 0 bridgehead atoms. The molecule has 10 heteroatoms. The largest absolute Gasteiger partial charge is 0.461 e. The summed E-state index contributed by atoms with van der Waals surface area (Å²) in [6.45, 7) is 5.78.